The fourth-order valence-electron chi connectivity index (χ4n) is 0.321. The minimum Gasteiger partial charge on any atom is -0.369 e. The van der Waals surface area contributed by atoms with E-state index in [0.717, 1.165) is 0 Å². The molecule has 0 aromatic heterocycles. The van der Waals surface area contributed by atoms with Gasteiger partial charge in [-0.2, -0.15) is 0 Å². The SMILES string of the molecule is CC(C)[CH]OCC(F)F. The Balaban J connectivity index is 2.91. The van der Waals surface area contributed by atoms with Gasteiger partial charge in [-0.3, -0.25) is 0 Å². The van der Waals surface area contributed by atoms with Crippen molar-refractivity contribution in [3.05, 3.63) is 6.61 Å². The summed E-state index contributed by atoms with van der Waals surface area (Å²) in [4.78, 5) is 0. The molecule has 0 heterocycles. The third-order valence-corrected chi connectivity index (χ3v) is 0.591. The summed E-state index contributed by atoms with van der Waals surface area (Å²) >= 11 is 0. The second-order valence-corrected chi connectivity index (χ2v) is 2.10. The molecule has 0 aliphatic heterocycles. The quantitative estimate of drug-likeness (QED) is 0.576. The Kier molecular flexibility index (Phi) is 4.58. The summed E-state index contributed by atoms with van der Waals surface area (Å²) in [7, 11) is 0. The molecule has 55 valence electrons. The Hall–Kier alpha value is -0.180. The number of halogens is 2. The molecule has 0 spiro atoms. The molecule has 0 aliphatic carbocycles. The molecule has 0 atom stereocenters. The standard InChI is InChI=1S/C6H11F2O/c1-5(2)3-9-4-6(7)8/h3,5-6H,4H2,1-2H3. The highest BCUT2D eigenvalue weighted by atomic mass is 19.3. The lowest BCUT2D eigenvalue weighted by molar-refractivity contribution is 0.0366. The van der Waals surface area contributed by atoms with Gasteiger partial charge in [0.1, 0.15) is 6.61 Å². The molecule has 0 bridgehead atoms. The van der Waals surface area contributed by atoms with Gasteiger partial charge in [-0.15, -0.1) is 0 Å². The van der Waals surface area contributed by atoms with Crippen LogP contribution in [0.4, 0.5) is 8.78 Å². The van der Waals surface area contributed by atoms with Gasteiger partial charge in [0.2, 0.25) is 0 Å². The summed E-state index contributed by atoms with van der Waals surface area (Å²) in [6, 6.07) is 0. The zero-order valence-electron chi connectivity index (χ0n) is 5.60. The van der Waals surface area contributed by atoms with Crippen LogP contribution in [-0.2, 0) is 4.74 Å². The maximum Gasteiger partial charge on any atom is 0.261 e. The average molecular weight is 137 g/mol. The summed E-state index contributed by atoms with van der Waals surface area (Å²) in [5.41, 5.74) is 0. The first-order valence-electron chi connectivity index (χ1n) is 2.86. The summed E-state index contributed by atoms with van der Waals surface area (Å²) in [6.07, 6.45) is -2.36. The molecule has 9 heavy (non-hydrogen) atoms. The van der Waals surface area contributed by atoms with Crippen LogP contribution in [0.2, 0.25) is 0 Å². The first-order chi connectivity index (χ1) is 4.13. The van der Waals surface area contributed by atoms with Crippen molar-refractivity contribution in [3.63, 3.8) is 0 Å². The normalized spacial score (nSPS) is 11.3. The molecule has 0 aromatic rings. The zero-order chi connectivity index (χ0) is 7.28. The highest BCUT2D eigenvalue weighted by Gasteiger charge is 2.02. The Morgan fingerprint density at radius 2 is 2.00 bits per heavy atom. The van der Waals surface area contributed by atoms with Crippen molar-refractivity contribution in [2.24, 2.45) is 5.92 Å². The molecule has 0 N–H and O–H groups in total. The topological polar surface area (TPSA) is 9.23 Å². The third kappa shape index (κ3) is 7.82. The van der Waals surface area contributed by atoms with Gasteiger partial charge in [-0.25, -0.2) is 8.78 Å². The maximum atomic E-state index is 11.3. The molecular weight excluding hydrogens is 126 g/mol. The predicted octanol–water partition coefficient (Wildman–Crippen LogP) is 2.09. The van der Waals surface area contributed by atoms with Crippen LogP contribution in [0.5, 0.6) is 0 Å². The Morgan fingerprint density at radius 1 is 1.44 bits per heavy atom. The van der Waals surface area contributed by atoms with Gasteiger partial charge >= 0.3 is 0 Å². The highest BCUT2D eigenvalue weighted by Crippen LogP contribution is 2.01. The molecule has 0 rings (SSSR count). The molecule has 0 aliphatic rings. The van der Waals surface area contributed by atoms with Crippen molar-refractivity contribution < 1.29 is 13.5 Å². The number of hydrogen-bond donors (Lipinski definition) is 0. The number of alkyl halides is 2. The van der Waals surface area contributed by atoms with E-state index in [-0.39, 0.29) is 5.92 Å². The van der Waals surface area contributed by atoms with Gasteiger partial charge in [0.15, 0.2) is 0 Å². The number of ether oxygens (including phenoxy) is 1. The second-order valence-electron chi connectivity index (χ2n) is 2.10. The van der Waals surface area contributed by atoms with Crippen LogP contribution in [0.3, 0.4) is 0 Å². The van der Waals surface area contributed by atoms with Crippen LogP contribution in [0.1, 0.15) is 13.8 Å². The lowest BCUT2D eigenvalue weighted by atomic mass is 10.2. The Labute approximate surface area is 54.0 Å². The van der Waals surface area contributed by atoms with Crippen LogP contribution in [0.15, 0.2) is 0 Å². The van der Waals surface area contributed by atoms with E-state index in [1.807, 2.05) is 13.8 Å². The fraction of sp³-hybridized carbons (Fsp3) is 0.833. The fourth-order valence-corrected chi connectivity index (χ4v) is 0.321. The lowest BCUT2D eigenvalue weighted by Gasteiger charge is -2.03. The van der Waals surface area contributed by atoms with Gasteiger partial charge < -0.3 is 4.74 Å². The van der Waals surface area contributed by atoms with Crippen molar-refractivity contribution in [2.45, 2.75) is 20.3 Å². The molecule has 1 radical (unpaired) electrons. The van der Waals surface area contributed by atoms with Crippen LogP contribution in [0, 0.1) is 12.5 Å². The first kappa shape index (κ1) is 8.82. The molecule has 0 saturated heterocycles. The van der Waals surface area contributed by atoms with Crippen LogP contribution in [-0.4, -0.2) is 13.0 Å². The third-order valence-electron chi connectivity index (χ3n) is 0.591. The van der Waals surface area contributed by atoms with E-state index < -0.39 is 13.0 Å². The Morgan fingerprint density at radius 3 is 2.33 bits per heavy atom. The van der Waals surface area contributed by atoms with E-state index in [1.54, 1.807) is 0 Å². The van der Waals surface area contributed by atoms with E-state index in [2.05, 4.69) is 4.74 Å². The highest BCUT2D eigenvalue weighted by molar-refractivity contribution is 4.55. The van der Waals surface area contributed by atoms with E-state index in [9.17, 15) is 8.78 Å². The van der Waals surface area contributed by atoms with Gasteiger partial charge in [0.05, 0.1) is 6.61 Å². The maximum absolute atomic E-state index is 11.3. The van der Waals surface area contributed by atoms with Gasteiger partial charge in [-0.05, 0) is 5.92 Å². The average Bonchev–Trinajstić information content (AvgIpc) is 1.63. The van der Waals surface area contributed by atoms with E-state index in [1.165, 1.54) is 6.61 Å². The van der Waals surface area contributed by atoms with Crippen LogP contribution in [0.25, 0.3) is 0 Å². The Bertz CT molecular complexity index is 56.1. The summed E-state index contributed by atoms with van der Waals surface area (Å²) < 4.78 is 27.2. The van der Waals surface area contributed by atoms with Crippen molar-refractivity contribution in [1.82, 2.24) is 0 Å². The smallest absolute Gasteiger partial charge is 0.261 e. The zero-order valence-corrected chi connectivity index (χ0v) is 5.60. The molecule has 0 saturated carbocycles. The van der Waals surface area contributed by atoms with E-state index in [0.29, 0.717) is 0 Å². The van der Waals surface area contributed by atoms with Crippen molar-refractivity contribution in [1.29, 1.82) is 0 Å². The van der Waals surface area contributed by atoms with Crippen LogP contribution >= 0.6 is 0 Å². The molecule has 0 unspecified atom stereocenters. The molecule has 0 amide bonds. The van der Waals surface area contributed by atoms with Crippen molar-refractivity contribution in [2.75, 3.05) is 6.61 Å². The van der Waals surface area contributed by atoms with E-state index in [4.69, 9.17) is 0 Å². The molecule has 0 fully saturated rings. The number of hydrogen-bond acceptors (Lipinski definition) is 1. The summed E-state index contributed by atoms with van der Waals surface area (Å²) in [5.74, 6) is 0.212. The predicted molar refractivity (Wildman–Crippen MR) is 31.1 cm³/mol. The van der Waals surface area contributed by atoms with Crippen molar-refractivity contribution in [3.8, 4) is 0 Å². The number of rotatable bonds is 4. The van der Waals surface area contributed by atoms with Gasteiger partial charge in [0, 0.05) is 0 Å². The molecule has 3 heteroatoms. The van der Waals surface area contributed by atoms with E-state index >= 15 is 0 Å². The molecule has 0 aromatic carbocycles. The van der Waals surface area contributed by atoms with Gasteiger partial charge in [-0.1, -0.05) is 13.8 Å². The van der Waals surface area contributed by atoms with Gasteiger partial charge in [0.25, 0.3) is 6.43 Å². The summed E-state index contributed by atoms with van der Waals surface area (Å²) in [6.45, 7) is 4.65. The monoisotopic (exact) mass is 137 g/mol. The lowest BCUT2D eigenvalue weighted by Crippen LogP contribution is -2.04. The van der Waals surface area contributed by atoms with Crippen molar-refractivity contribution >= 4 is 0 Å². The minimum atomic E-state index is -2.36. The summed E-state index contributed by atoms with van der Waals surface area (Å²) in [5, 5.41) is 0. The van der Waals surface area contributed by atoms with Crippen LogP contribution < -0.4 is 0 Å². The second kappa shape index (κ2) is 4.68. The molecule has 1 nitrogen and oxygen atoms in total. The largest absolute Gasteiger partial charge is 0.369 e. The first-order valence-corrected chi connectivity index (χ1v) is 2.86. The minimum absolute atomic E-state index is 0.212. The molecular formula is C6H11F2O.